The largest absolute Gasteiger partial charge is 0.502 e. The van der Waals surface area contributed by atoms with Crippen LogP contribution in [-0.4, -0.2) is 50.5 Å². The number of amides is 2. The third kappa shape index (κ3) is 8.84. The molecule has 12 heteroatoms. The number of carbonyl (C=O) groups excluding carboxylic acids is 2. The van der Waals surface area contributed by atoms with Gasteiger partial charge in [-0.2, -0.15) is 0 Å². The molecule has 4 rings (SSSR count). The molecule has 0 saturated carbocycles. The third-order valence-corrected chi connectivity index (χ3v) is 7.91. The van der Waals surface area contributed by atoms with Crippen molar-refractivity contribution in [3.8, 4) is 34.5 Å². The molecule has 0 bridgehead atoms. The zero-order valence-corrected chi connectivity index (χ0v) is 27.0. The molecule has 254 valence electrons. The van der Waals surface area contributed by atoms with Gasteiger partial charge in [-0.15, -0.1) is 0 Å². The van der Waals surface area contributed by atoms with Crippen LogP contribution in [0.25, 0.3) is 0 Å². The molecule has 0 unspecified atom stereocenters. The van der Waals surface area contributed by atoms with Crippen LogP contribution in [0.15, 0.2) is 72.8 Å². The number of phenolic OH excluding ortho intramolecular Hbond substituents is 2. The Morgan fingerprint density at radius 2 is 0.854 bits per heavy atom. The summed E-state index contributed by atoms with van der Waals surface area (Å²) in [6.07, 6.45) is 0.00643. The Morgan fingerprint density at radius 3 is 1.12 bits per heavy atom. The number of nitrogens with one attached hydrogen (secondary N) is 2. The van der Waals surface area contributed by atoms with E-state index in [1.54, 1.807) is 48.5 Å². The molecule has 0 saturated heterocycles. The minimum Gasteiger partial charge on any atom is -0.502 e. The van der Waals surface area contributed by atoms with Crippen LogP contribution in [0.2, 0.25) is 0 Å². The first-order valence-corrected chi connectivity index (χ1v) is 15.0. The van der Waals surface area contributed by atoms with Gasteiger partial charge in [-0.1, -0.05) is 24.3 Å². The lowest BCUT2D eigenvalue weighted by atomic mass is 9.81. The maximum atomic E-state index is 14.1. The van der Waals surface area contributed by atoms with Gasteiger partial charge in [-0.25, -0.2) is 8.78 Å². The number of hydrogen-bond acceptors (Lipinski definition) is 8. The second-order valence-corrected chi connectivity index (χ2v) is 11.0. The summed E-state index contributed by atoms with van der Waals surface area (Å²) < 4.78 is 48.4. The molecule has 4 aromatic rings. The van der Waals surface area contributed by atoms with Crippen molar-refractivity contribution in [1.82, 2.24) is 10.6 Å². The van der Waals surface area contributed by atoms with Crippen molar-refractivity contribution in [2.24, 2.45) is 11.8 Å². The van der Waals surface area contributed by atoms with E-state index in [9.17, 15) is 28.6 Å². The van der Waals surface area contributed by atoms with Crippen LogP contribution < -0.4 is 29.6 Å². The molecule has 0 fully saturated rings. The van der Waals surface area contributed by atoms with Gasteiger partial charge in [0, 0.05) is 13.1 Å². The fourth-order valence-electron chi connectivity index (χ4n) is 5.32. The first kappa shape index (κ1) is 35.3. The molecule has 48 heavy (non-hydrogen) atoms. The Morgan fingerprint density at radius 1 is 0.562 bits per heavy atom. The number of phenols is 2. The van der Waals surface area contributed by atoms with Crippen LogP contribution in [0.5, 0.6) is 34.5 Å². The summed E-state index contributed by atoms with van der Waals surface area (Å²) in [4.78, 5) is 28.2. The van der Waals surface area contributed by atoms with Crippen LogP contribution in [0.3, 0.4) is 0 Å². The van der Waals surface area contributed by atoms with Crippen LogP contribution >= 0.6 is 0 Å². The number of ether oxygens (including phenoxy) is 4. The van der Waals surface area contributed by atoms with Crippen LogP contribution in [-0.2, 0) is 35.5 Å². The van der Waals surface area contributed by atoms with Crippen LogP contribution in [0, 0.1) is 23.5 Å². The quantitative estimate of drug-likeness (QED) is 0.139. The van der Waals surface area contributed by atoms with Crippen molar-refractivity contribution in [2.75, 3.05) is 28.4 Å². The predicted molar refractivity (Wildman–Crippen MR) is 173 cm³/mol. The summed E-state index contributed by atoms with van der Waals surface area (Å²) in [5, 5.41) is 26.8. The van der Waals surface area contributed by atoms with Gasteiger partial charge in [-0.3, -0.25) is 9.59 Å². The second-order valence-electron chi connectivity index (χ2n) is 11.0. The Balaban J connectivity index is 1.77. The summed E-state index contributed by atoms with van der Waals surface area (Å²) in [5.74, 6) is -3.86. The molecule has 0 aliphatic heterocycles. The molecule has 0 aliphatic rings. The van der Waals surface area contributed by atoms with Crippen molar-refractivity contribution in [2.45, 2.75) is 25.9 Å². The minimum atomic E-state index is -1.02. The molecule has 10 nitrogen and oxygen atoms in total. The molecular formula is C36H38F2N2O8. The highest BCUT2D eigenvalue weighted by Crippen LogP contribution is 2.40. The molecule has 0 aliphatic carbocycles. The van der Waals surface area contributed by atoms with Gasteiger partial charge in [0.1, 0.15) is 11.6 Å². The van der Waals surface area contributed by atoms with Gasteiger partial charge in [0.2, 0.25) is 23.3 Å². The lowest BCUT2D eigenvalue weighted by Gasteiger charge is -2.27. The summed E-state index contributed by atoms with van der Waals surface area (Å²) in [5.41, 5.74) is 2.34. The average Bonchev–Trinajstić information content (AvgIpc) is 3.09. The zero-order valence-electron chi connectivity index (χ0n) is 27.0. The van der Waals surface area contributed by atoms with E-state index < -0.39 is 35.3 Å². The monoisotopic (exact) mass is 664 g/mol. The summed E-state index contributed by atoms with van der Waals surface area (Å²) in [7, 11) is 5.51. The summed E-state index contributed by atoms with van der Waals surface area (Å²) in [6.45, 7) is 0.116. The van der Waals surface area contributed by atoms with Gasteiger partial charge >= 0.3 is 0 Å². The maximum absolute atomic E-state index is 14.1. The van der Waals surface area contributed by atoms with E-state index in [1.807, 2.05) is 0 Å². The van der Waals surface area contributed by atoms with Crippen molar-refractivity contribution < 1.29 is 47.5 Å². The van der Waals surface area contributed by atoms with E-state index in [-0.39, 0.29) is 60.4 Å². The SMILES string of the molecule is COc1cc(C[C@H](C(=O)NCc2ccc(F)cc2)[C@@H](Cc2cc(OC)c(O)c(OC)c2)C(=O)NCc2ccc(F)cc2)cc(OC)c1O. The lowest BCUT2D eigenvalue weighted by Crippen LogP contribution is -2.44. The molecule has 4 aromatic carbocycles. The minimum absolute atomic E-state index is 0.00321. The van der Waals surface area contributed by atoms with Gasteiger partial charge in [0.05, 0.1) is 40.3 Å². The highest BCUT2D eigenvalue weighted by Gasteiger charge is 2.35. The molecule has 0 aromatic heterocycles. The van der Waals surface area contributed by atoms with Gasteiger partial charge < -0.3 is 39.8 Å². The highest BCUT2D eigenvalue weighted by atomic mass is 19.1. The van der Waals surface area contributed by atoms with Gasteiger partial charge in [-0.05, 0) is 83.6 Å². The van der Waals surface area contributed by atoms with Crippen molar-refractivity contribution in [1.29, 1.82) is 0 Å². The molecule has 2 atom stereocenters. The second kappa shape index (κ2) is 16.3. The number of hydrogen-bond donors (Lipinski definition) is 4. The topological polar surface area (TPSA) is 136 Å². The number of halogens is 2. The van der Waals surface area contributed by atoms with E-state index in [0.29, 0.717) is 22.3 Å². The van der Waals surface area contributed by atoms with Crippen molar-refractivity contribution >= 4 is 11.8 Å². The standard InChI is InChI=1S/C36H38F2N2O8/c1-45-29-15-23(16-30(46-2)33(29)41)13-27(35(43)39-19-21-5-9-25(37)10-6-21)28(36(44)40-20-22-7-11-26(38)12-8-22)14-24-17-31(47-3)34(42)32(18-24)48-4/h5-12,15-18,27-28,41-42H,13-14,19-20H2,1-4H3,(H,39,43)(H,40,44)/t27-,28+. The molecule has 0 radical (unpaired) electrons. The normalized spacial score (nSPS) is 12.0. The van der Waals surface area contributed by atoms with E-state index >= 15 is 0 Å². The summed E-state index contributed by atoms with van der Waals surface area (Å²) >= 11 is 0. The fourth-order valence-corrected chi connectivity index (χ4v) is 5.32. The molecule has 0 spiro atoms. The molecule has 2 amide bonds. The Kier molecular flexibility index (Phi) is 12.0. The number of aromatic hydroxyl groups is 2. The maximum Gasteiger partial charge on any atom is 0.224 e. The Hall–Kier alpha value is -5.52. The van der Waals surface area contributed by atoms with Gasteiger partial charge in [0.25, 0.3) is 0 Å². The number of carbonyl (C=O) groups is 2. The lowest BCUT2D eigenvalue weighted by molar-refractivity contribution is -0.135. The van der Waals surface area contributed by atoms with E-state index in [2.05, 4.69) is 10.6 Å². The number of methoxy groups -OCH3 is 4. The van der Waals surface area contributed by atoms with E-state index in [1.165, 1.54) is 52.7 Å². The van der Waals surface area contributed by atoms with Crippen molar-refractivity contribution in [3.63, 3.8) is 0 Å². The fraction of sp³-hybridized carbons (Fsp3) is 0.278. The molecular weight excluding hydrogens is 626 g/mol. The van der Waals surface area contributed by atoms with E-state index in [0.717, 1.165) is 0 Å². The first-order valence-electron chi connectivity index (χ1n) is 15.0. The average molecular weight is 665 g/mol. The third-order valence-electron chi connectivity index (χ3n) is 7.91. The molecule has 4 N–H and O–H groups in total. The smallest absolute Gasteiger partial charge is 0.224 e. The van der Waals surface area contributed by atoms with Gasteiger partial charge in [0.15, 0.2) is 23.0 Å². The predicted octanol–water partition coefficient (Wildman–Crippen LogP) is 5.06. The molecule has 0 heterocycles. The first-order chi connectivity index (χ1) is 23.1. The Labute approximate surface area is 277 Å². The number of rotatable bonds is 15. The highest BCUT2D eigenvalue weighted by molar-refractivity contribution is 5.88. The van der Waals surface area contributed by atoms with Crippen LogP contribution in [0.4, 0.5) is 8.78 Å². The van der Waals surface area contributed by atoms with Crippen molar-refractivity contribution in [3.05, 3.63) is 107 Å². The van der Waals surface area contributed by atoms with E-state index in [4.69, 9.17) is 18.9 Å². The zero-order chi connectivity index (χ0) is 34.8. The van der Waals surface area contributed by atoms with Crippen LogP contribution in [0.1, 0.15) is 22.3 Å². The number of benzene rings is 4. The Bertz CT molecular complexity index is 1540. The summed E-state index contributed by atoms with van der Waals surface area (Å²) in [6, 6.07) is 17.5.